The van der Waals surface area contributed by atoms with Crippen molar-refractivity contribution >= 4 is 0 Å². The average molecular weight is 137 g/mol. The zero-order valence-electron chi connectivity index (χ0n) is 6.89. The molecule has 0 atom stereocenters. The van der Waals surface area contributed by atoms with E-state index in [9.17, 15) is 0 Å². The maximum absolute atomic E-state index is 3.05. The van der Waals surface area contributed by atoms with Crippen molar-refractivity contribution in [1.82, 2.24) is 5.32 Å². The molecule has 0 rings (SSSR count). The Kier molecular flexibility index (Phi) is 5.54. The second-order valence-electron chi connectivity index (χ2n) is 1.88. The summed E-state index contributed by atoms with van der Waals surface area (Å²) in [4.78, 5) is 0. The third-order valence-corrected chi connectivity index (χ3v) is 1.18. The Morgan fingerprint density at radius 1 is 1.20 bits per heavy atom. The Bertz CT molecular complexity index is 152. The van der Waals surface area contributed by atoms with Crippen LogP contribution >= 0.6 is 0 Å². The highest BCUT2D eigenvalue weighted by atomic mass is 14.8. The molecule has 1 N–H and O–H groups in total. The van der Waals surface area contributed by atoms with Crippen molar-refractivity contribution in [3.8, 4) is 0 Å². The fraction of sp³-hybridized carbons (Fsp3) is 0.333. The number of likely N-dealkylation sites (N-methyl/N-ethyl adjacent to an activating group) is 1. The van der Waals surface area contributed by atoms with Crippen LogP contribution in [0.5, 0.6) is 0 Å². The van der Waals surface area contributed by atoms with Crippen molar-refractivity contribution in [3.63, 3.8) is 0 Å². The average Bonchev–Trinajstić information content (AvgIpc) is 1.99. The van der Waals surface area contributed by atoms with E-state index in [1.54, 1.807) is 0 Å². The molecule has 0 radical (unpaired) electrons. The molecule has 1 nitrogen and oxygen atoms in total. The van der Waals surface area contributed by atoms with Gasteiger partial charge in [-0.05, 0) is 19.9 Å². The van der Waals surface area contributed by atoms with E-state index in [4.69, 9.17) is 0 Å². The zero-order chi connectivity index (χ0) is 7.82. The summed E-state index contributed by atoms with van der Waals surface area (Å²) in [5, 5.41) is 3.05. The normalized spacial score (nSPS) is 13.3. The van der Waals surface area contributed by atoms with Gasteiger partial charge in [0, 0.05) is 12.7 Å². The van der Waals surface area contributed by atoms with E-state index < -0.39 is 0 Å². The molecule has 0 aliphatic carbocycles. The quantitative estimate of drug-likeness (QED) is 0.588. The van der Waals surface area contributed by atoms with Gasteiger partial charge in [0.05, 0.1) is 0 Å². The molecular formula is C9H15N. The molecule has 0 amide bonds. The van der Waals surface area contributed by atoms with Gasteiger partial charge in [0.15, 0.2) is 0 Å². The van der Waals surface area contributed by atoms with Crippen LogP contribution in [0.3, 0.4) is 0 Å². The molecule has 0 fully saturated rings. The van der Waals surface area contributed by atoms with Gasteiger partial charge in [-0.25, -0.2) is 0 Å². The highest BCUT2D eigenvalue weighted by Crippen LogP contribution is 1.89. The maximum atomic E-state index is 3.05. The van der Waals surface area contributed by atoms with Crippen molar-refractivity contribution in [2.75, 3.05) is 7.05 Å². The third-order valence-electron chi connectivity index (χ3n) is 1.18. The van der Waals surface area contributed by atoms with Crippen LogP contribution in [0.25, 0.3) is 0 Å². The van der Waals surface area contributed by atoms with Gasteiger partial charge < -0.3 is 5.32 Å². The van der Waals surface area contributed by atoms with Crippen molar-refractivity contribution in [3.05, 3.63) is 36.1 Å². The van der Waals surface area contributed by atoms with Crippen LogP contribution in [0.4, 0.5) is 0 Å². The highest BCUT2D eigenvalue weighted by molar-refractivity contribution is 5.19. The monoisotopic (exact) mass is 137 g/mol. The van der Waals surface area contributed by atoms with Crippen LogP contribution in [0, 0.1) is 0 Å². The number of rotatable bonds is 3. The van der Waals surface area contributed by atoms with E-state index in [0.29, 0.717) is 0 Å². The molecule has 56 valence electrons. The second kappa shape index (κ2) is 6.14. The van der Waals surface area contributed by atoms with Gasteiger partial charge >= 0.3 is 0 Å². The Morgan fingerprint density at radius 2 is 1.90 bits per heavy atom. The molecule has 0 bridgehead atoms. The Balaban J connectivity index is 3.85. The fourth-order valence-corrected chi connectivity index (χ4v) is 0.594. The lowest BCUT2D eigenvalue weighted by atomic mass is 10.3. The summed E-state index contributed by atoms with van der Waals surface area (Å²) < 4.78 is 0. The molecular weight excluding hydrogens is 122 g/mol. The molecule has 10 heavy (non-hydrogen) atoms. The molecule has 0 aromatic heterocycles. The lowest BCUT2D eigenvalue weighted by Gasteiger charge is -1.95. The minimum Gasteiger partial charge on any atom is -0.388 e. The SMILES string of the molecule is C\C=C/C=C\C(=C/C)NC. The van der Waals surface area contributed by atoms with Crippen LogP contribution < -0.4 is 5.32 Å². The highest BCUT2D eigenvalue weighted by Gasteiger charge is 1.78. The van der Waals surface area contributed by atoms with E-state index >= 15 is 0 Å². The topological polar surface area (TPSA) is 12.0 Å². The molecule has 0 aliphatic heterocycles. The summed E-state index contributed by atoms with van der Waals surface area (Å²) in [7, 11) is 1.91. The molecule has 0 saturated heterocycles. The van der Waals surface area contributed by atoms with Crippen LogP contribution in [-0.2, 0) is 0 Å². The third kappa shape index (κ3) is 3.96. The van der Waals surface area contributed by atoms with E-state index in [2.05, 4.69) is 5.32 Å². The number of allylic oxidation sites excluding steroid dienone is 5. The van der Waals surface area contributed by atoms with Crippen LogP contribution in [0.1, 0.15) is 13.8 Å². The first-order chi connectivity index (χ1) is 4.85. The summed E-state index contributed by atoms with van der Waals surface area (Å²) in [5.74, 6) is 0. The molecule has 0 aromatic rings. The summed E-state index contributed by atoms with van der Waals surface area (Å²) in [5.41, 5.74) is 1.14. The fourth-order valence-electron chi connectivity index (χ4n) is 0.594. The Labute approximate surface area is 63.1 Å². The first-order valence-corrected chi connectivity index (χ1v) is 3.48. The number of hydrogen-bond donors (Lipinski definition) is 1. The van der Waals surface area contributed by atoms with Gasteiger partial charge in [0.25, 0.3) is 0 Å². The summed E-state index contributed by atoms with van der Waals surface area (Å²) in [6, 6.07) is 0. The molecule has 0 saturated carbocycles. The summed E-state index contributed by atoms with van der Waals surface area (Å²) in [6.07, 6.45) is 10.1. The van der Waals surface area contributed by atoms with Gasteiger partial charge in [-0.3, -0.25) is 0 Å². The lowest BCUT2D eigenvalue weighted by molar-refractivity contribution is 1.03. The zero-order valence-corrected chi connectivity index (χ0v) is 6.89. The van der Waals surface area contributed by atoms with Gasteiger partial charge in [-0.1, -0.05) is 24.3 Å². The van der Waals surface area contributed by atoms with Crippen LogP contribution in [0.2, 0.25) is 0 Å². The van der Waals surface area contributed by atoms with Gasteiger partial charge in [0.2, 0.25) is 0 Å². The Morgan fingerprint density at radius 3 is 2.30 bits per heavy atom. The summed E-state index contributed by atoms with van der Waals surface area (Å²) in [6.45, 7) is 4.00. The molecule has 0 heterocycles. The van der Waals surface area contributed by atoms with Crippen molar-refractivity contribution in [2.24, 2.45) is 0 Å². The van der Waals surface area contributed by atoms with E-state index in [1.165, 1.54) is 0 Å². The summed E-state index contributed by atoms with van der Waals surface area (Å²) >= 11 is 0. The second-order valence-corrected chi connectivity index (χ2v) is 1.88. The van der Waals surface area contributed by atoms with Gasteiger partial charge in [-0.15, -0.1) is 0 Å². The minimum absolute atomic E-state index is 1.14. The predicted octanol–water partition coefficient (Wildman–Crippen LogP) is 2.24. The van der Waals surface area contributed by atoms with Crippen molar-refractivity contribution in [2.45, 2.75) is 13.8 Å². The number of hydrogen-bond acceptors (Lipinski definition) is 1. The van der Waals surface area contributed by atoms with Gasteiger partial charge in [0.1, 0.15) is 0 Å². The van der Waals surface area contributed by atoms with Crippen LogP contribution in [-0.4, -0.2) is 7.05 Å². The molecule has 0 spiro atoms. The van der Waals surface area contributed by atoms with E-state index in [0.717, 1.165) is 5.70 Å². The molecule has 0 unspecified atom stereocenters. The van der Waals surface area contributed by atoms with E-state index in [-0.39, 0.29) is 0 Å². The smallest absolute Gasteiger partial charge is 0.0294 e. The van der Waals surface area contributed by atoms with Crippen LogP contribution in [0.15, 0.2) is 36.1 Å². The van der Waals surface area contributed by atoms with Crippen molar-refractivity contribution < 1.29 is 0 Å². The molecule has 1 heteroatoms. The number of nitrogens with one attached hydrogen (secondary N) is 1. The first kappa shape index (κ1) is 9.02. The predicted molar refractivity (Wildman–Crippen MR) is 46.8 cm³/mol. The lowest BCUT2D eigenvalue weighted by Crippen LogP contribution is -2.01. The molecule has 0 aliphatic rings. The van der Waals surface area contributed by atoms with Crippen molar-refractivity contribution in [1.29, 1.82) is 0 Å². The van der Waals surface area contributed by atoms with E-state index in [1.807, 2.05) is 51.3 Å². The first-order valence-electron chi connectivity index (χ1n) is 3.48. The standard InChI is InChI=1S/C9H15N/c1-4-6-7-8-9(5-2)10-3/h4-8,10H,1-3H3/b6-4-,8-7-,9-5+. The largest absolute Gasteiger partial charge is 0.388 e. The van der Waals surface area contributed by atoms with Gasteiger partial charge in [-0.2, -0.15) is 0 Å². The maximum Gasteiger partial charge on any atom is 0.0294 e. The molecule has 0 aromatic carbocycles. The minimum atomic E-state index is 1.14. The Hall–Kier alpha value is -0.980.